The topological polar surface area (TPSA) is 49.3 Å². The zero-order valence-electron chi connectivity index (χ0n) is 14.6. The molecule has 0 saturated heterocycles. The fourth-order valence-corrected chi connectivity index (χ4v) is 3.72. The van der Waals surface area contributed by atoms with E-state index in [2.05, 4.69) is 66.9 Å². The highest BCUT2D eigenvalue weighted by molar-refractivity contribution is 9.10. The highest BCUT2D eigenvalue weighted by atomic mass is 79.9. The molecule has 2 N–H and O–H groups in total. The molecule has 1 aliphatic rings. The van der Waals surface area contributed by atoms with Gasteiger partial charge < -0.3 is 10.6 Å². The number of nitrogens with zero attached hydrogens (tertiary/aromatic N) is 2. The third-order valence-corrected chi connectivity index (χ3v) is 5.46. The number of aromatic nitrogens is 1. The van der Waals surface area contributed by atoms with E-state index in [0.29, 0.717) is 0 Å². The highest BCUT2D eigenvalue weighted by Gasteiger charge is 2.38. The van der Waals surface area contributed by atoms with Crippen molar-refractivity contribution < 1.29 is 0 Å². The first-order valence-electron chi connectivity index (χ1n) is 8.82. The normalized spacial score (nSPS) is 16.2. The molecule has 0 aliphatic heterocycles. The van der Waals surface area contributed by atoms with Crippen LogP contribution in [0, 0.1) is 0 Å². The van der Waals surface area contributed by atoms with Gasteiger partial charge in [0.05, 0.1) is 0 Å². The maximum atomic E-state index is 4.36. The first-order valence-corrected chi connectivity index (χ1v) is 9.62. The Balaban J connectivity index is 1.53. The summed E-state index contributed by atoms with van der Waals surface area (Å²) < 4.78 is 1.15. The largest absolute Gasteiger partial charge is 0.356 e. The number of pyridine rings is 1. The second-order valence-electron chi connectivity index (χ2n) is 6.57. The van der Waals surface area contributed by atoms with E-state index < -0.39 is 0 Å². The molecule has 0 radical (unpaired) electrons. The molecule has 2 aromatic rings. The Labute approximate surface area is 158 Å². The zero-order chi connectivity index (χ0) is 17.5. The van der Waals surface area contributed by atoms with Crippen LogP contribution in [0.4, 0.5) is 0 Å². The summed E-state index contributed by atoms with van der Waals surface area (Å²) in [6, 6.07) is 14.7. The van der Waals surface area contributed by atoms with Gasteiger partial charge in [0.25, 0.3) is 0 Å². The molecule has 0 bridgehead atoms. The Kier molecular flexibility index (Phi) is 6.08. The Morgan fingerprint density at radius 1 is 1.20 bits per heavy atom. The Morgan fingerprint density at radius 3 is 2.72 bits per heavy atom. The second-order valence-corrected chi connectivity index (χ2v) is 7.48. The van der Waals surface area contributed by atoms with E-state index in [1.165, 1.54) is 24.8 Å². The van der Waals surface area contributed by atoms with Crippen molar-refractivity contribution in [3.8, 4) is 0 Å². The van der Waals surface area contributed by atoms with Crippen molar-refractivity contribution in [2.24, 2.45) is 4.99 Å². The van der Waals surface area contributed by atoms with Gasteiger partial charge in [-0.1, -0.05) is 40.5 Å². The fourth-order valence-electron chi connectivity index (χ4n) is 3.32. The van der Waals surface area contributed by atoms with Crippen molar-refractivity contribution in [1.82, 2.24) is 15.6 Å². The summed E-state index contributed by atoms with van der Waals surface area (Å²) in [6.07, 6.45) is 6.46. The number of hydrogen-bond donors (Lipinski definition) is 2. The van der Waals surface area contributed by atoms with Gasteiger partial charge in [-0.05, 0) is 42.7 Å². The van der Waals surface area contributed by atoms with Crippen molar-refractivity contribution in [1.29, 1.82) is 0 Å². The van der Waals surface area contributed by atoms with E-state index in [1.54, 1.807) is 0 Å². The molecular weight excluding hydrogens is 376 g/mol. The van der Waals surface area contributed by atoms with Crippen LogP contribution in [0.1, 0.15) is 30.5 Å². The Bertz CT molecular complexity index is 711. The number of benzene rings is 1. The molecule has 25 heavy (non-hydrogen) atoms. The molecule has 0 spiro atoms. The summed E-state index contributed by atoms with van der Waals surface area (Å²) in [6.45, 7) is 1.73. The number of rotatable bonds is 6. The Morgan fingerprint density at radius 2 is 2.08 bits per heavy atom. The predicted molar refractivity (Wildman–Crippen MR) is 107 cm³/mol. The van der Waals surface area contributed by atoms with E-state index in [4.69, 9.17) is 0 Å². The number of halogens is 1. The zero-order valence-corrected chi connectivity index (χ0v) is 16.2. The van der Waals surface area contributed by atoms with E-state index in [9.17, 15) is 0 Å². The molecule has 132 valence electrons. The van der Waals surface area contributed by atoms with Gasteiger partial charge >= 0.3 is 0 Å². The number of hydrogen-bond acceptors (Lipinski definition) is 2. The third kappa shape index (κ3) is 4.60. The van der Waals surface area contributed by atoms with Crippen molar-refractivity contribution in [3.05, 3.63) is 64.4 Å². The standard InChI is InChI=1S/C20H25BrN4/c1-22-19(24-13-9-18-8-2-3-12-23-18)25-15-20(10-5-11-20)16-6-4-7-17(21)14-16/h2-4,6-8,12,14H,5,9-11,13,15H2,1H3,(H2,22,24,25). The van der Waals surface area contributed by atoms with Crippen LogP contribution in [0.3, 0.4) is 0 Å². The molecule has 0 atom stereocenters. The summed E-state index contributed by atoms with van der Waals surface area (Å²) in [5, 5.41) is 6.91. The van der Waals surface area contributed by atoms with Crippen molar-refractivity contribution >= 4 is 21.9 Å². The molecule has 1 aromatic heterocycles. The van der Waals surface area contributed by atoms with Crippen LogP contribution in [-0.4, -0.2) is 31.1 Å². The van der Waals surface area contributed by atoms with Gasteiger partial charge in [0, 0.05) is 48.3 Å². The van der Waals surface area contributed by atoms with E-state index in [1.807, 2.05) is 25.4 Å². The smallest absolute Gasteiger partial charge is 0.191 e. The maximum absolute atomic E-state index is 4.36. The minimum atomic E-state index is 0.225. The van der Waals surface area contributed by atoms with Crippen LogP contribution < -0.4 is 10.6 Å². The van der Waals surface area contributed by atoms with Gasteiger partial charge in [0.15, 0.2) is 5.96 Å². The lowest BCUT2D eigenvalue weighted by Crippen LogP contribution is -2.49. The van der Waals surface area contributed by atoms with Crippen LogP contribution in [0.5, 0.6) is 0 Å². The van der Waals surface area contributed by atoms with Crippen molar-refractivity contribution in [3.63, 3.8) is 0 Å². The highest BCUT2D eigenvalue weighted by Crippen LogP contribution is 2.43. The molecule has 1 saturated carbocycles. The SMILES string of the molecule is CN=C(NCCc1ccccn1)NCC1(c2cccc(Br)c2)CCC1. The first kappa shape index (κ1) is 17.9. The third-order valence-electron chi connectivity index (χ3n) is 4.97. The second kappa shape index (κ2) is 8.48. The summed E-state index contributed by atoms with van der Waals surface area (Å²) in [7, 11) is 1.82. The monoisotopic (exact) mass is 400 g/mol. The lowest BCUT2D eigenvalue weighted by molar-refractivity contribution is 0.243. The van der Waals surface area contributed by atoms with Gasteiger partial charge in [-0.15, -0.1) is 0 Å². The summed E-state index contributed by atoms with van der Waals surface area (Å²) in [4.78, 5) is 8.71. The number of aliphatic imine (C=N–C) groups is 1. The predicted octanol–water partition coefficient (Wildman–Crippen LogP) is 3.67. The quantitative estimate of drug-likeness (QED) is 0.574. The minimum Gasteiger partial charge on any atom is -0.356 e. The van der Waals surface area contributed by atoms with Crippen molar-refractivity contribution in [2.75, 3.05) is 20.1 Å². The summed E-state index contributed by atoms with van der Waals surface area (Å²) >= 11 is 3.60. The summed E-state index contributed by atoms with van der Waals surface area (Å²) in [5.74, 6) is 0.859. The average molecular weight is 401 g/mol. The Hall–Kier alpha value is -1.88. The first-order chi connectivity index (χ1) is 12.2. The van der Waals surface area contributed by atoms with E-state index in [-0.39, 0.29) is 5.41 Å². The molecule has 1 heterocycles. The van der Waals surface area contributed by atoms with E-state index >= 15 is 0 Å². The molecule has 1 aromatic carbocycles. The average Bonchev–Trinajstić information content (AvgIpc) is 2.60. The number of guanidine groups is 1. The molecule has 0 unspecified atom stereocenters. The molecule has 4 nitrogen and oxygen atoms in total. The van der Waals surface area contributed by atoms with Crippen LogP contribution in [-0.2, 0) is 11.8 Å². The van der Waals surface area contributed by atoms with Gasteiger partial charge in [0.1, 0.15) is 0 Å². The van der Waals surface area contributed by atoms with Gasteiger partial charge in [-0.25, -0.2) is 0 Å². The maximum Gasteiger partial charge on any atom is 0.191 e. The number of nitrogens with one attached hydrogen (secondary N) is 2. The van der Waals surface area contributed by atoms with Crippen LogP contribution in [0.2, 0.25) is 0 Å². The minimum absolute atomic E-state index is 0.225. The van der Waals surface area contributed by atoms with Crippen LogP contribution in [0.15, 0.2) is 58.1 Å². The lowest BCUT2D eigenvalue weighted by atomic mass is 9.64. The van der Waals surface area contributed by atoms with Crippen LogP contribution >= 0.6 is 15.9 Å². The van der Waals surface area contributed by atoms with Gasteiger partial charge in [-0.2, -0.15) is 0 Å². The summed E-state index contributed by atoms with van der Waals surface area (Å²) in [5.41, 5.74) is 2.72. The molecule has 5 heteroatoms. The molecule has 1 fully saturated rings. The molecule has 3 rings (SSSR count). The van der Waals surface area contributed by atoms with Crippen LogP contribution in [0.25, 0.3) is 0 Å². The molecule has 0 amide bonds. The molecule has 1 aliphatic carbocycles. The van der Waals surface area contributed by atoms with Crippen molar-refractivity contribution in [2.45, 2.75) is 31.1 Å². The van der Waals surface area contributed by atoms with Gasteiger partial charge in [0.2, 0.25) is 0 Å². The van der Waals surface area contributed by atoms with Gasteiger partial charge in [-0.3, -0.25) is 9.98 Å². The lowest BCUT2D eigenvalue weighted by Gasteiger charge is -2.43. The van der Waals surface area contributed by atoms with E-state index in [0.717, 1.165) is 35.6 Å². The fraction of sp³-hybridized carbons (Fsp3) is 0.400. The molecular formula is C20H25BrN4.